The predicted molar refractivity (Wildman–Crippen MR) is 104 cm³/mol. The molecule has 0 aliphatic rings. The number of allylic oxidation sites excluding steroid dienone is 1. The van der Waals surface area contributed by atoms with Gasteiger partial charge < -0.3 is 4.90 Å². The summed E-state index contributed by atoms with van der Waals surface area (Å²) >= 11 is 0. The average Bonchev–Trinajstić information content (AvgIpc) is 2.43. The van der Waals surface area contributed by atoms with E-state index in [-0.39, 0.29) is 17.0 Å². The van der Waals surface area contributed by atoms with Crippen LogP contribution >= 0.6 is 17.0 Å². The van der Waals surface area contributed by atoms with E-state index in [9.17, 15) is 0 Å². The Kier molecular flexibility index (Phi) is 22.5. The highest BCUT2D eigenvalue weighted by Crippen LogP contribution is 2.12. The van der Waals surface area contributed by atoms with Crippen molar-refractivity contribution in [2.24, 2.45) is 0 Å². The zero-order valence-corrected chi connectivity index (χ0v) is 16.6. The first-order valence-electron chi connectivity index (χ1n) is 9.07. The van der Waals surface area contributed by atoms with Gasteiger partial charge in [0.25, 0.3) is 0 Å². The van der Waals surface area contributed by atoms with E-state index in [4.69, 9.17) is 0 Å². The van der Waals surface area contributed by atoms with Gasteiger partial charge in [-0.25, -0.2) is 0 Å². The molecule has 2 heteroatoms. The van der Waals surface area contributed by atoms with Crippen molar-refractivity contribution in [2.45, 2.75) is 90.4 Å². The van der Waals surface area contributed by atoms with Crippen molar-refractivity contribution in [2.75, 3.05) is 20.6 Å². The van der Waals surface area contributed by atoms with Crippen molar-refractivity contribution < 1.29 is 0 Å². The maximum absolute atomic E-state index is 2.34. The quantitative estimate of drug-likeness (QED) is 0.229. The molecule has 0 bridgehead atoms. The Labute approximate surface area is 145 Å². The van der Waals surface area contributed by atoms with Gasteiger partial charge in [-0.1, -0.05) is 89.7 Å². The molecule has 0 aromatic carbocycles. The van der Waals surface area contributed by atoms with Crippen molar-refractivity contribution in [3.63, 3.8) is 0 Å². The van der Waals surface area contributed by atoms with Crippen LogP contribution < -0.4 is 0 Å². The highest BCUT2D eigenvalue weighted by Gasteiger charge is 1.93. The molecule has 0 spiro atoms. The molecule has 0 radical (unpaired) electrons. The minimum atomic E-state index is 0. The Bertz CT molecular complexity index is 202. The SMILES string of the molecule is Br.CCCCCCCCCCCCCCC=CCN(C)C. The van der Waals surface area contributed by atoms with Crippen LogP contribution in [0, 0.1) is 0 Å². The molecule has 128 valence electrons. The number of nitrogens with zero attached hydrogens (tertiary/aromatic N) is 1. The Hall–Kier alpha value is 0.180. The van der Waals surface area contributed by atoms with Crippen LogP contribution in [0.25, 0.3) is 0 Å². The maximum Gasteiger partial charge on any atom is 0.0157 e. The molecule has 0 aliphatic carbocycles. The first-order chi connectivity index (χ1) is 9.77. The molecule has 21 heavy (non-hydrogen) atoms. The molecule has 0 aromatic heterocycles. The molecule has 0 atom stereocenters. The van der Waals surface area contributed by atoms with Gasteiger partial charge in [0.2, 0.25) is 0 Å². The smallest absolute Gasteiger partial charge is 0.0157 e. The first-order valence-corrected chi connectivity index (χ1v) is 9.07. The maximum atomic E-state index is 2.34. The molecular formula is C19H40BrN. The van der Waals surface area contributed by atoms with Crippen LogP contribution in [0.4, 0.5) is 0 Å². The second kappa shape index (κ2) is 20.2. The van der Waals surface area contributed by atoms with Gasteiger partial charge in [0.15, 0.2) is 0 Å². The summed E-state index contributed by atoms with van der Waals surface area (Å²) in [5, 5.41) is 0. The second-order valence-corrected chi connectivity index (χ2v) is 6.41. The van der Waals surface area contributed by atoms with Crippen LogP contribution in [-0.2, 0) is 0 Å². The number of rotatable bonds is 15. The molecule has 0 rings (SSSR count). The summed E-state index contributed by atoms with van der Waals surface area (Å²) in [6, 6.07) is 0. The van der Waals surface area contributed by atoms with Gasteiger partial charge in [-0.15, -0.1) is 17.0 Å². The molecule has 0 fully saturated rings. The fraction of sp³-hybridized carbons (Fsp3) is 0.895. The highest BCUT2D eigenvalue weighted by atomic mass is 79.9. The molecule has 1 nitrogen and oxygen atoms in total. The second-order valence-electron chi connectivity index (χ2n) is 6.41. The standard InChI is InChI=1S/C19H39N.BrH/c1-4-5-6-7-8-9-10-11-12-13-14-15-16-17-18-19-20(2)3;/h17-18H,4-16,19H2,1-3H3;1H. The van der Waals surface area contributed by atoms with Gasteiger partial charge in [0.1, 0.15) is 0 Å². The van der Waals surface area contributed by atoms with E-state index in [1.165, 1.54) is 83.5 Å². The summed E-state index contributed by atoms with van der Waals surface area (Å²) in [4.78, 5) is 2.21. The molecule has 0 saturated heterocycles. The van der Waals surface area contributed by atoms with Crippen LogP contribution in [0.15, 0.2) is 12.2 Å². The third-order valence-electron chi connectivity index (χ3n) is 3.86. The molecule has 0 aromatic rings. The van der Waals surface area contributed by atoms with Gasteiger partial charge >= 0.3 is 0 Å². The first kappa shape index (κ1) is 23.4. The lowest BCUT2D eigenvalue weighted by Gasteiger charge is -2.04. The minimum absolute atomic E-state index is 0. The summed E-state index contributed by atoms with van der Waals surface area (Å²) in [5.41, 5.74) is 0. The van der Waals surface area contributed by atoms with E-state index >= 15 is 0 Å². The van der Waals surface area contributed by atoms with Crippen molar-refractivity contribution >= 4 is 17.0 Å². The monoisotopic (exact) mass is 361 g/mol. The Morgan fingerprint density at radius 2 is 1.05 bits per heavy atom. The summed E-state index contributed by atoms with van der Waals surface area (Å²) in [6.45, 7) is 3.37. The summed E-state index contributed by atoms with van der Waals surface area (Å²) in [5.74, 6) is 0. The number of hydrogen-bond acceptors (Lipinski definition) is 1. The number of halogens is 1. The molecule has 0 amide bonds. The molecule has 0 saturated carbocycles. The number of likely N-dealkylation sites (N-methyl/N-ethyl adjacent to an activating group) is 1. The van der Waals surface area contributed by atoms with Crippen LogP contribution in [0.2, 0.25) is 0 Å². The Balaban J connectivity index is 0. The number of hydrogen-bond donors (Lipinski definition) is 0. The Morgan fingerprint density at radius 3 is 1.48 bits per heavy atom. The fourth-order valence-electron chi connectivity index (χ4n) is 2.51. The van der Waals surface area contributed by atoms with E-state index in [0.29, 0.717) is 0 Å². The zero-order chi connectivity index (χ0) is 14.9. The summed E-state index contributed by atoms with van der Waals surface area (Å²) < 4.78 is 0. The largest absolute Gasteiger partial charge is 0.306 e. The van der Waals surface area contributed by atoms with Crippen LogP contribution in [0.1, 0.15) is 90.4 Å². The average molecular weight is 362 g/mol. The van der Waals surface area contributed by atoms with Gasteiger partial charge in [-0.2, -0.15) is 0 Å². The summed E-state index contributed by atoms with van der Waals surface area (Å²) in [7, 11) is 4.24. The fourth-order valence-corrected chi connectivity index (χ4v) is 2.51. The third kappa shape index (κ3) is 22.6. The third-order valence-corrected chi connectivity index (χ3v) is 3.86. The van der Waals surface area contributed by atoms with E-state index in [1.807, 2.05) is 0 Å². The van der Waals surface area contributed by atoms with E-state index < -0.39 is 0 Å². The van der Waals surface area contributed by atoms with Gasteiger partial charge in [0.05, 0.1) is 0 Å². The van der Waals surface area contributed by atoms with E-state index in [1.54, 1.807) is 0 Å². The zero-order valence-electron chi connectivity index (χ0n) is 14.9. The topological polar surface area (TPSA) is 3.24 Å². The highest BCUT2D eigenvalue weighted by molar-refractivity contribution is 8.93. The lowest BCUT2D eigenvalue weighted by molar-refractivity contribution is 0.456. The van der Waals surface area contributed by atoms with Gasteiger partial charge in [0, 0.05) is 6.54 Å². The lowest BCUT2D eigenvalue weighted by Crippen LogP contribution is -2.10. The van der Waals surface area contributed by atoms with Crippen LogP contribution in [0.3, 0.4) is 0 Å². The van der Waals surface area contributed by atoms with Crippen molar-refractivity contribution in [1.82, 2.24) is 4.90 Å². The summed E-state index contributed by atoms with van der Waals surface area (Å²) in [6.07, 6.45) is 23.2. The molecule has 0 unspecified atom stereocenters. The lowest BCUT2D eigenvalue weighted by atomic mass is 10.0. The van der Waals surface area contributed by atoms with E-state index in [2.05, 4.69) is 38.1 Å². The Morgan fingerprint density at radius 1 is 0.619 bits per heavy atom. The van der Waals surface area contributed by atoms with E-state index in [0.717, 1.165) is 6.54 Å². The van der Waals surface area contributed by atoms with Crippen molar-refractivity contribution in [3.8, 4) is 0 Å². The van der Waals surface area contributed by atoms with Gasteiger partial charge in [-0.05, 0) is 26.9 Å². The molecule has 0 aliphatic heterocycles. The predicted octanol–water partition coefficient (Wildman–Crippen LogP) is 6.77. The minimum Gasteiger partial charge on any atom is -0.306 e. The normalized spacial score (nSPS) is 11.2. The number of unbranched alkanes of at least 4 members (excludes halogenated alkanes) is 12. The molecule has 0 heterocycles. The van der Waals surface area contributed by atoms with Gasteiger partial charge in [-0.3, -0.25) is 0 Å². The van der Waals surface area contributed by atoms with Crippen LogP contribution in [-0.4, -0.2) is 25.5 Å². The van der Waals surface area contributed by atoms with Crippen LogP contribution in [0.5, 0.6) is 0 Å². The van der Waals surface area contributed by atoms with Crippen molar-refractivity contribution in [3.05, 3.63) is 12.2 Å². The molecule has 0 N–H and O–H groups in total. The van der Waals surface area contributed by atoms with Crippen molar-refractivity contribution in [1.29, 1.82) is 0 Å². The molecular weight excluding hydrogens is 322 g/mol.